The molecule has 2 aromatic heterocycles. The first-order valence-corrected chi connectivity index (χ1v) is 10.0. The number of aliphatic hydroxyl groups is 1. The van der Waals surface area contributed by atoms with E-state index in [0.29, 0.717) is 12.4 Å². The number of hydrogen-bond donors (Lipinski definition) is 4. The van der Waals surface area contributed by atoms with Crippen LogP contribution in [-0.4, -0.2) is 59.2 Å². The molecule has 9 nitrogen and oxygen atoms in total. The number of nitrogens with zero attached hydrogens (tertiary/aromatic N) is 3. The minimum Gasteiger partial charge on any atom is -0.393 e. The van der Waals surface area contributed by atoms with Crippen molar-refractivity contribution in [3.05, 3.63) is 48.2 Å². The van der Waals surface area contributed by atoms with Gasteiger partial charge < -0.3 is 20.1 Å². The summed E-state index contributed by atoms with van der Waals surface area (Å²) in [6.07, 6.45) is 2.92. The monoisotopic (exact) mass is 410 g/mol. The zero-order chi connectivity index (χ0) is 20.9. The number of nitrogens with one attached hydrogen (secondary N) is 3. The van der Waals surface area contributed by atoms with Crippen molar-refractivity contribution in [3.8, 4) is 0 Å². The van der Waals surface area contributed by atoms with Gasteiger partial charge in [0.05, 0.1) is 29.7 Å². The number of carbonyl (C=O) groups is 1. The van der Waals surface area contributed by atoms with Gasteiger partial charge in [0.15, 0.2) is 5.82 Å². The van der Waals surface area contributed by atoms with Gasteiger partial charge >= 0.3 is 6.03 Å². The average Bonchev–Trinajstić information content (AvgIpc) is 3.18. The number of amides is 2. The molecular weight excluding hydrogens is 384 g/mol. The molecule has 0 unspecified atom stereocenters. The number of benzene rings is 1. The SMILES string of the molecule is COC[C@@H](NC(=O)Nc1cc2[nH]nc(N3CCC(O)CC3)c2cn1)c1ccccc1. The van der Waals surface area contributed by atoms with Crippen LogP contribution in [0.4, 0.5) is 16.4 Å². The first-order valence-electron chi connectivity index (χ1n) is 10.0. The highest BCUT2D eigenvalue weighted by Gasteiger charge is 2.21. The summed E-state index contributed by atoms with van der Waals surface area (Å²) in [6, 6.07) is 10.8. The third-order valence-corrected chi connectivity index (χ3v) is 5.27. The van der Waals surface area contributed by atoms with Crippen LogP contribution in [0.1, 0.15) is 24.4 Å². The third kappa shape index (κ3) is 4.52. The summed E-state index contributed by atoms with van der Waals surface area (Å²) in [5.74, 6) is 1.25. The maximum Gasteiger partial charge on any atom is 0.320 e. The molecule has 9 heteroatoms. The minimum atomic E-state index is -0.363. The molecule has 4 rings (SSSR count). The van der Waals surface area contributed by atoms with Gasteiger partial charge in [-0.2, -0.15) is 5.10 Å². The summed E-state index contributed by atoms with van der Waals surface area (Å²) in [4.78, 5) is 19.0. The molecule has 4 N–H and O–H groups in total. The van der Waals surface area contributed by atoms with E-state index in [9.17, 15) is 9.90 Å². The standard InChI is InChI=1S/C21H26N6O3/c1-30-13-18(14-5-3-2-4-6-14)23-21(29)24-19-11-17-16(12-22-19)20(26-25-17)27-9-7-15(28)8-10-27/h2-6,11-12,15,18,28H,7-10,13H2,1H3,(H,25,26)(H2,22,23,24,29)/t18-/m1/s1. The largest absolute Gasteiger partial charge is 0.393 e. The van der Waals surface area contributed by atoms with Crippen LogP contribution < -0.4 is 15.5 Å². The third-order valence-electron chi connectivity index (χ3n) is 5.27. The average molecular weight is 410 g/mol. The van der Waals surface area contributed by atoms with Gasteiger partial charge in [-0.15, -0.1) is 0 Å². The van der Waals surface area contributed by atoms with E-state index in [1.807, 2.05) is 30.3 Å². The van der Waals surface area contributed by atoms with Crippen LogP contribution in [0.25, 0.3) is 10.9 Å². The van der Waals surface area contributed by atoms with Crippen LogP contribution in [-0.2, 0) is 4.74 Å². The van der Waals surface area contributed by atoms with E-state index in [2.05, 4.69) is 30.7 Å². The Balaban J connectivity index is 1.44. The van der Waals surface area contributed by atoms with Crippen LogP contribution >= 0.6 is 0 Å². The summed E-state index contributed by atoms with van der Waals surface area (Å²) < 4.78 is 5.24. The number of fused-ring (bicyclic) bond motifs is 1. The summed E-state index contributed by atoms with van der Waals surface area (Å²) >= 11 is 0. The first-order chi connectivity index (χ1) is 14.6. The molecule has 1 aliphatic heterocycles. The molecule has 0 spiro atoms. The van der Waals surface area contributed by atoms with E-state index in [-0.39, 0.29) is 18.2 Å². The van der Waals surface area contributed by atoms with Crippen molar-refractivity contribution in [2.45, 2.75) is 25.0 Å². The Labute approximate surface area is 174 Å². The van der Waals surface area contributed by atoms with E-state index >= 15 is 0 Å². The van der Waals surface area contributed by atoms with Gasteiger partial charge in [0.25, 0.3) is 0 Å². The molecule has 1 saturated heterocycles. The fourth-order valence-electron chi connectivity index (χ4n) is 3.67. The number of piperidine rings is 1. The Hall–Kier alpha value is -3.17. The molecular formula is C21H26N6O3. The molecule has 1 aromatic carbocycles. The second kappa shape index (κ2) is 9.10. The maximum absolute atomic E-state index is 12.5. The number of hydrogen-bond acceptors (Lipinski definition) is 6. The topological polar surface area (TPSA) is 115 Å². The normalized spacial score (nSPS) is 15.9. The van der Waals surface area contributed by atoms with E-state index < -0.39 is 0 Å². The predicted molar refractivity (Wildman–Crippen MR) is 115 cm³/mol. The highest BCUT2D eigenvalue weighted by molar-refractivity contribution is 5.94. The van der Waals surface area contributed by atoms with Gasteiger partial charge in [-0.1, -0.05) is 30.3 Å². The lowest BCUT2D eigenvalue weighted by atomic mass is 10.1. The number of H-pyrrole nitrogens is 1. The smallest absolute Gasteiger partial charge is 0.320 e. The molecule has 0 bridgehead atoms. The lowest BCUT2D eigenvalue weighted by Gasteiger charge is -2.29. The molecule has 1 atom stereocenters. The van der Waals surface area contributed by atoms with Crippen molar-refractivity contribution in [1.29, 1.82) is 0 Å². The lowest BCUT2D eigenvalue weighted by molar-refractivity contribution is 0.145. The minimum absolute atomic E-state index is 0.239. The van der Waals surface area contributed by atoms with E-state index in [0.717, 1.165) is 48.2 Å². The van der Waals surface area contributed by atoms with Crippen LogP contribution in [0.3, 0.4) is 0 Å². The highest BCUT2D eigenvalue weighted by Crippen LogP contribution is 2.27. The molecule has 2 amide bonds. The molecule has 1 fully saturated rings. The number of methoxy groups -OCH3 is 1. The fraction of sp³-hybridized carbons (Fsp3) is 0.381. The predicted octanol–water partition coefficient (Wildman–Crippen LogP) is 2.43. The van der Waals surface area contributed by atoms with Crippen LogP contribution in [0, 0.1) is 0 Å². The number of urea groups is 1. The number of rotatable bonds is 6. The Morgan fingerprint density at radius 1 is 1.33 bits per heavy atom. The Morgan fingerprint density at radius 2 is 2.10 bits per heavy atom. The van der Waals surface area contributed by atoms with Gasteiger partial charge in [0, 0.05) is 32.5 Å². The zero-order valence-corrected chi connectivity index (χ0v) is 16.8. The van der Waals surface area contributed by atoms with Crippen molar-refractivity contribution in [1.82, 2.24) is 20.5 Å². The number of aromatic amines is 1. The molecule has 1 aliphatic rings. The van der Waals surface area contributed by atoms with E-state index in [4.69, 9.17) is 4.74 Å². The van der Waals surface area contributed by atoms with Crippen molar-refractivity contribution in [3.63, 3.8) is 0 Å². The van der Waals surface area contributed by atoms with Crippen molar-refractivity contribution >= 4 is 28.6 Å². The lowest BCUT2D eigenvalue weighted by Crippen LogP contribution is -2.36. The molecule has 0 aliphatic carbocycles. The quantitative estimate of drug-likeness (QED) is 0.496. The van der Waals surface area contributed by atoms with Gasteiger partial charge in [0.2, 0.25) is 0 Å². The Kier molecular flexibility index (Phi) is 6.10. The van der Waals surface area contributed by atoms with Gasteiger partial charge in [-0.3, -0.25) is 10.4 Å². The van der Waals surface area contributed by atoms with Crippen LogP contribution in [0.5, 0.6) is 0 Å². The summed E-state index contributed by atoms with van der Waals surface area (Å²) in [6.45, 7) is 1.87. The summed E-state index contributed by atoms with van der Waals surface area (Å²) in [7, 11) is 1.60. The number of ether oxygens (including phenoxy) is 1. The Bertz CT molecular complexity index is 985. The molecule has 3 aromatic rings. The molecule has 0 radical (unpaired) electrons. The van der Waals surface area contributed by atoms with E-state index in [1.54, 1.807) is 19.4 Å². The maximum atomic E-state index is 12.5. The van der Waals surface area contributed by atoms with Gasteiger partial charge in [0.1, 0.15) is 5.82 Å². The molecule has 30 heavy (non-hydrogen) atoms. The molecule has 158 valence electrons. The van der Waals surface area contributed by atoms with Gasteiger partial charge in [-0.25, -0.2) is 9.78 Å². The first kappa shape index (κ1) is 20.1. The Morgan fingerprint density at radius 3 is 2.83 bits per heavy atom. The zero-order valence-electron chi connectivity index (χ0n) is 16.8. The van der Waals surface area contributed by atoms with Crippen molar-refractivity contribution in [2.75, 3.05) is 37.0 Å². The summed E-state index contributed by atoms with van der Waals surface area (Å²) in [5.41, 5.74) is 1.75. The molecule has 3 heterocycles. The highest BCUT2D eigenvalue weighted by atomic mass is 16.5. The number of carbonyl (C=O) groups excluding carboxylic acids is 1. The molecule has 0 saturated carbocycles. The summed E-state index contributed by atoms with van der Waals surface area (Å²) in [5, 5.41) is 23.7. The van der Waals surface area contributed by atoms with Crippen molar-refractivity contribution < 1.29 is 14.6 Å². The number of anilines is 2. The van der Waals surface area contributed by atoms with Crippen LogP contribution in [0.15, 0.2) is 42.6 Å². The number of aliphatic hydroxyl groups excluding tert-OH is 1. The second-order valence-electron chi connectivity index (χ2n) is 7.40. The van der Waals surface area contributed by atoms with Crippen molar-refractivity contribution in [2.24, 2.45) is 0 Å². The van der Waals surface area contributed by atoms with E-state index in [1.165, 1.54) is 0 Å². The second-order valence-corrected chi connectivity index (χ2v) is 7.40. The number of pyridine rings is 1. The fourth-order valence-corrected chi connectivity index (χ4v) is 3.67. The number of aromatic nitrogens is 3. The van der Waals surface area contributed by atoms with Gasteiger partial charge in [-0.05, 0) is 18.4 Å². The van der Waals surface area contributed by atoms with Crippen LogP contribution in [0.2, 0.25) is 0 Å².